The number of benzene rings is 1. The number of nitrogens with zero attached hydrogens (tertiary/aromatic N) is 4. The van der Waals surface area contributed by atoms with E-state index < -0.39 is 0 Å². The molecule has 0 bridgehead atoms. The quantitative estimate of drug-likeness (QED) is 0.328. The minimum atomic E-state index is -0.361. The Bertz CT molecular complexity index is 1090. The van der Waals surface area contributed by atoms with Gasteiger partial charge in [0.2, 0.25) is 0 Å². The SMILES string of the molecule is Cc1nn(CCCNC(=S)Nc2c(C)nn(Cc3c(F)cccc3Cl)c2C)c(Cl)c1Cl. The van der Waals surface area contributed by atoms with Crippen molar-refractivity contribution in [3.8, 4) is 0 Å². The van der Waals surface area contributed by atoms with Crippen molar-refractivity contribution in [3.63, 3.8) is 0 Å². The van der Waals surface area contributed by atoms with Gasteiger partial charge < -0.3 is 10.6 Å². The monoisotopic (exact) mass is 502 g/mol. The predicted octanol–water partition coefficient (Wildman–Crippen LogP) is 5.53. The zero-order valence-electron chi connectivity index (χ0n) is 17.3. The second-order valence-electron chi connectivity index (χ2n) is 7.05. The maximum Gasteiger partial charge on any atom is 0.170 e. The van der Waals surface area contributed by atoms with Crippen LogP contribution in [0, 0.1) is 26.6 Å². The van der Waals surface area contributed by atoms with E-state index in [0.29, 0.717) is 44.7 Å². The fourth-order valence-electron chi connectivity index (χ4n) is 3.13. The number of anilines is 1. The van der Waals surface area contributed by atoms with Crippen LogP contribution < -0.4 is 10.6 Å². The summed E-state index contributed by atoms with van der Waals surface area (Å²) in [4.78, 5) is 0. The molecule has 0 fully saturated rings. The lowest BCUT2D eigenvalue weighted by Crippen LogP contribution is -2.30. The third-order valence-corrected chi connectivity index (χ3v) is 6.35. The van der Waals surface area contributed by atoms with Crippen molar-refractivity contribution in [2.75, 3.05) is 11.9 Å². The summed E-state index contributed by atoms with van der Waals surface area (Å²) < 4.78 is 17.5. The summed E-state index contributed by atoms with van der Waals surface area (Å²) in [6.07, 6.45) is 0.752. The van der Waals surface area contributed by atoms with E-state index in [1.54, 1.807) is 21.5 Å². The summed E-state index contributed by atoms with van der Waals surface area (Å²) in [5.41, 5.74) is 3.46. The molecule has 0 aliphatic rings. The lowest BCUT2D eigenvalue weighted by atomic mass is 10.2. The van der Waals surface area contributed by atoms with Crippen LogP contribution in [0.3, 0.4) is 0 Å². The average molecular weight is 504 g/mol. The summed E-state index contributed by atoms with van der Waals surface area (Å²) in [7, 11) is 0. The summed E-state index contributed by atoms with van der Waals surface area (Å²) in [6, 6.07) is 4.63. The molecule has 2 heterocycles. The zero-order valence-corrected chi connectivity index (χ0v) is 20.4. The van der Waals surface area contributed by atoms with Crippen molar-refractivity contribution >= 4 is 57.8 Å². The van der Waals surface area contributed by atoms with Crippen molar-refractivity contribution in [1.29, 1.82) is 0 Å². The van der Waals surface area contributed by atoms with Gasteiger partial charge in [0.25, 0.3) is 0 Å². The number of aryl methyl sites for hydroxylation is 3. The number of aromatic nitrogens is 4. The molecule has 2 N–H and O–H groups in total. The molecule has 0 saturated carbocycles. The molecule has 166 valence electrons. The Morgan fingerprint density at radius 1 is 1.10 bits per heavy atom. The van der Waals surface area contributed by atoms with Crippen LogP contribution in [0.4, 0.5) is 10.1 Å². The fourth-order valence-corrected chi connectivity index (χ4v) is 3.95. The topological polar surface area (TPSA) is 59.7 Å². The highest BCUT2D eigenvalue weighted by atomic mass is 35.5. The van der Waals surface area contributed by atoms with Gasteiger partial charge in [0.05, 0.1) is 29.3 Å². The van der Waals surface area contributed by atoms with E-state index in [1.807, 2.05) is 20.8 Å². The molecule has 3 rings (SSSR count). The van der Waals surface area contributed by atoms with Gasteiger partial charge in [0.1, 0.15) is 16.0 Å². The van der Waals surface area contributed by atoms with Crippen molar-refractivity contribution < 1.29 is 4.39 Å². The molecular formula is C20H22Cl3FN6S. The third kappa shape index (κ3) is 5.49. The Morgan fingerprint density at radius 2 is 1.81 bits per heavy atom. The minimum Gasteiger partial charge on any atom is -0.362 e. The Labute approximate surface area is 200 Å². The lowest BCUT2D eigenvalue weighted by Gasteiger charge is -2.12. The maximum absolute atomic E-state index is 14.1. The summed E-state index contributed by atoms with van der Waals surface area (Å²) in [5, 5.41) is 16.9. The number of thiocarbonyl (C=S) groups is 1. The first-order valence-corrected chi connectivity index (χ1v) is 11.1. The zero-order chi connectivity index (χ0) is 22.7. The van der Waals surface area contributed by atoms with Crippen molar-refractivity contribution in [2.24, 2.45) is 0 Å². The molecule has 0 aliphatic heterocycles. The van der Waals surface area contributed by atoms with Crippen molar-refractivity contribution in [3.05, 3.63) is 61.9 Å². The average Bonchev–Trinajstić information content (AvgIpc) is 3.12. The first kappa shape index (κ1) is 23.8. The van der Waals surface area contributed by atoms with E-state index in [-0.39, 0.29) is 12.4 Å². The van der Waals surface area contributed by atoms with Crippen LogP contribution in [0.2, 0.25) is 15.2 Å². The van der Waals surface area contributed by atoms with E-state index in [2.05, 4.69) is 20.8 Å². The first-order valence-electron chi connectivity index (χ1n) is 9.59. The smallest absolute Gasteiger partial charge is 0.170 e. The van der Waals surface area contributed by atoms with Gasteiger partial charge in [-0.15, -0.1) is 0 Å². The summed E-state index contributed by atoms with van der Waals surface area (Å²) in [6.45, 7) is 7.03. The second-order valence-corrected chi connectivity index (χ2v) is 8.60. The van der Waals surface area contributed by atoms with Crippen LogP contribution in [-0.4, -0.2) is 31.2 Å². The minimum absolute atomic E-state index is 0.229. The van der Waals surface area contributed by atoms with Crippen LogP contribution in [0.25, 0.3) is 0 Å². The van der Waals surface area contributed by atoms with Crippen molar-refractivity contribution in [2.45, 2.75) is 40.3 Å². The van der Waals surface area contributed by atoms with E-state index in [4.69, 9.17) is 47.0 Å². The van der Waals surface area contributed by atoms with Gasteiger partial charge in [0.15, 0.2) is 5.11 Å². The predicted molar refractivity (Wildman–Crippen MR) is 128 cm³/mol. The first-order chi connectivity index (χ1) is 14.7. The highest BCUT2D eigenvalue weighted by Crippen LogP contribution is 2.25. The third-order valence-electron chi connectivity index (χ3n) is 4.82. The molecular weight excluding hydrogens is 482 g/mol. The highest BCUT2D eigenvalue weighted by Gasteiger charge is 2.16. The standard InChI is InChI=1S/C20H22Cl3FN6S/c1-11-17(22)19(23)29(27-11)9-5-8-25-20(31)26-18-12(2)28-30(13(18)3)10-14-15(21)6-4-7-16(14)24/h4,6-7H,5,8-10H2,1-3H3,(H2,25,26,31). The molecule has 0 atom stereocenters. The molecule has 0 radical (unpaired) electrons. The number of hydrogen-bond donors (Lipinski definition) is 2. The van der Waals surface area contributed by atoms with Crippen LogP contribution in [0.5, 0.6) is 0 Å². The van der Waals surface area contributed by atoms with E-state index in [1.165, 1.54) is 6.07 Å². The number of hydrogen-bond acceptors (Lipinski definition) is 3. The van der Waals surface area contributed by atoms with E-state index in [0.717, 1.165) is 23.5 Å². The molecule has 2 aromatic heterocycles. The van der Waals surface area contributed by atoms with E-state index in [9.17, 15) is 4.39 Å². The molecule has 0 aliphatic carbocycles. The van der Waals surface area contributed by atoms with Gasteiger partial charge in [-0.1, -0.05) is 40.9 Å². The van der Waals surface area contributed by atoms with Gasteiger partial charge in [-0.25, -0.2) is 4.39 Å². The number of rotatable bonds is 7. The molecule has 0 amide bonds. The Hall–Kier alpha value is -1.87. The molecule has 6 nitrogen and oxygen atoms in total. The fraction of sp³-hybridized carbons (Fsp3) is 0.350. The molecule has 0 spiro atoms. The Morgan fingerprint density at radius 3 is 2.45 bits per heavy atom. The largest absolute Gasteiger partial charge is 0.362 e. The highest BCUT2D eigenvalue weighted by molar-refractivity contribution is 7.80. The Balaban J connectivity index is 1.57. The van der Waals surface area contributed by atoms with Crippen LogP contribution in [-0.2, 0) is 13.1 Å². The normalized spacial score (nSPS) is 11.1. The van der Waals surface area contributed by atoms with E-state index >= 15 is 0 Å². The molecule has 1 aromatic carbocycles. The molecule has 11 heteroatoms. The molecule has 31 heavy (non-hydrogen) atoms. The molecule has 3 aromatic rings. The van der Waals surface area contributed by atoms with Gasteiger partial charge in [0, 0.05) is 23.7 Å². The van der Waals surface area contributed by atoms with Crippen LogP contribution in [0.15, 0.2) is 18.2 Å². The molecule has 0 saturated heterocycles. The van der Waals surface area contributed by atoms with Crippen LogP contribution in [0.1, 0.15) is 29.1 Å². The second kappa shape index (κ2) is 10.2. The summed E-state index contributed by atoms with van der Waals surface area (Å²) in [5.74, 6) is -0.361. The Kier molecular flexibility index (Phi) is 7.80. The van der Waals surface area contributed by atoms with Gasteiger partial charge in [-0.3, -0.25) is 9.36 Å². The molecule has 0 unspecified atom stereocenters. The lowest BCUT2D eigenvalue weighted by molar-refractivity contribution is 0.571. The van der Waals surface area contributed by atoms with Gasteiger partial charge in [-0.2, -0.15) is 10.2 Å². The summed E-state index contributed by atoms with van der Waals surface area (Å²) >= 11 is 23.8. The number of halogens is 4. The number of nitrogens with one attached hydrogen (secondary N) is 2. The van der Waals surface area contributed by atoms with Gasteiger partial charge in [-0.05, 0) is 51.5 Å². The van der Waals surface area contributed by atoms with Gasteiger partial charge >= 0.3 is 0 Å². The van der Waals surface area contributed by atoms with Crippen LogP contribution >= 0.6 is 47.0 Å². The maximum atomic E-state index is 14.1. The van der Waals surface area contributed by atoms with Crippen molar-refractivity contribution in [1.82, 2.24) is 24.9 Å².